The van der Waals surface area contributed by atoms with Crippen molar-refractivity contribution >= 4 is 38.6 Å². The van der Waals surface area contributed by atoms with Crippen LogP contribution in [-0.2, 0) is 11.2 Å². The smallest absolute Gasteiger partial charge is 0.253 e. The topological polar surface area (TPSA) is 78.1 Å². The second-order valence-electron chi connectivity index (χ2n) is 6.78. The zero-order valence-corrected chi connectivity index (χ0v) is 16.2. The molecule has 2 amide bonds. The molecular formula is C20H19BrN4O2. The lowest BCUT2D eigenvalue weighted by molar-refractivity contribution is -0.121. The highest BCUT2D eigenvalue weighted by Crippen LogP contribution is 2.18. The van der Waals surface area contributed by atoms with Crippen LogP contribution in [0, 0.1) is 0 Å². The summed E-state index contributed by atoms with van der Waals surface area (Å²) in [5.74, 6) is -0.0285. The number of hydrogen-bond acceptors (Lipinski definition) is 3. The second-order valence-corrected chi connectivity index (χ2v) is 7.70. The van der Waals surface area contributed by atoms with Crippen LogP contribution in [0.3, 0.4) is 0 Å². The van der Waals surface area contributed by atoms with E-state index in [1.807, 2.05) is 42.5 Å². The molecule has 1 aliphatic rings. The van der Waals surface area contributed by atoms with Gasteiger partial charge < -0.3 is 10.2 Å². The van der Waals surface area contributed by atoms with Crippen LogP contribution in [0.2, 0.25) is 0 Å². The molecule has 0 saturated carbocycles. The van der Waals surface area contributed by atoms with E-state index in [-0.39, 0.29) is 17.9 Å². The van der Waals surface area contributed by atoms with Gasteiger partial charge in [-0.2, -0.15) is 5.10 Å². The summed E-state index contributed by atoms with van der Waals surface area (Å²) in [6, 6.07) is 13.2. The number of hydrogen-bond donors (Lipinski definition) is 2. The van der Waals surface area contributed by atoms with Crippen LogP contribution in [0.25, 0.3) is 10.9 Å². The van der Waals surface area contributed by atoms with E-state index < -0.39 is 0 Å². The number of rotatable bonds is 4. The first-order valence-electron chi connectivity index (χ1n) is 8.85. The fourth-order valence-electron chi connectivity index (χ4n) is 3.39. The molecule has 3 aromatic rings. The van der Waals surface area contributed by atoms with Crippen LogP contribution < -0.4 is 5.32 Å². The van der Waals surface area contributed by atoms with Gasteiger partial charge in [0.25, 0.3) is 5.91 Å². The molecule has 2 N–H and O–H groups in total. The van der Waals surface area contributed by atoms with Gasteiger partial charge in [-0.05, 0) is 42.3 Å². The normalized spacial score (nSPS) is 16.6. The molecule has 0 aliphatic carbocycles. The maximum Gasteiger partial charge on any atom is 0.253 e. The van der Waals surface area contributed by atoms with E-state index in [9.17, 15) is 9.59 Å². The molecule has 138 valence electrons. The molecule has 2 heterocycles. The van der Waals surface area contributed by atoms with Crippen molar-refractivity contribution in [1.82, 2.24) is 20.4 Å². The van der Waals surface area contributed by atoms with E-state index in [0.717, 1.165) is 27.4 Å². The minimum atomic E-state index is -0.0172. The molecule has 0 radical (unpaired) electrons. The van der Waals surface area contributed by atoms with Crippen molar-refractivity contribution in [1.29, 1.82) is 0 Å². The zero-order valence-electron chi connectivity index (χ0n) is 14.6. The number of aromatic nitrogens is 2. The molecule has 0 bridgehead atoms. The summed E-state index contributed by atoms with van der Waals surface area (Å²) in [6.45, 7) is 1.18. The number of nitrogens with one attached hydrogen (secondary N) is 2. The summed E-state index contributed by atoms with van der Waals surface area (Å²) in [4.78, 5) is 26.8. The number of amides is 2. The molecule has 1 atom stereocenters. The van der Waals surface area contributed by atoms with E-state index >= 15 is 0 Å². The number of nitrogens with zero attached hydrogens (tertiary/aromatic N) is 2. The van der Waals surface area contributed by atoms with E-state index in [1.165, 1.54) is 0 Å². The van der Waals surface area contributed by atoms with Crippen LogP contribution in [-0.4, -0.2) is 46.0 Å². The van der Waals surface area contributed by atoms with Gasteiger partial charge in [0.2, 0.25) is 5.91 Å². The highest BCUT2D eigenvalue weighted by molar-refractivity contribution is 9.10. The molecule has 6 nitrogen and oxygen atoms in total. The minimum Gasteiger partial charge on any atom is -0.351 e. The van der Waals surface area contributed by atoms with Crippen LogP contribution in [0.15, 0.2) is 53.1 Å². The lowest BCUT2D eigenvalue weighted by Gasteiger charge is -2.17. The van der Waals surface area contributed by atoms with Gasteiger partial charge >= 0.3 is 0 Å². The molecular weight excluding hydrogens is 408 g/mol. The summed E-state index contributed by atoms with van der Waals surface area (Å²) in [5, 5.41) is 10.8. The van der Waals surface area contributed by atoms with E-state index in [2.05, 4.69) is 31.4 Å². The molecule has 7 heteroatoms. The SMILES string of the molecule is O=C(Cc1ccc(Br)cc1)N[C@@H]1CCN(C(=O)c2ccc3[nH]ncc3c2)C1. The Hall–Kier alpha value is -2.67. The van der Waals surface area contributed by atoms with Gasteiger partial charge in [0, 0.05) is 34.6 Å². The van der Waals surface area contributed by atoms with Gasteiger partial charge in [-0.15, -0.1) is 0 Å². The number of likely N-dealkylation sites (tertiary alicyclic amines) is 1. The van der Waals surface area contributed by atoms with Gasteiger partial charge in [0.05, 0.1) is 18.1 Å². The first-order chi connectivity index (χ1) is 13.1. The maximum absolute atomic E-state index is 12.7. The van der Waals surface area contributed by atoms with Crippen molar-refractivity contribution in [3.05, 3.63) is 64.3 Å². The molecule has 0 unspecified atom stereocenters. The summed E-state index contributed by atoms with van der Waals surface area (Å²) in [7, 11) is 0. The molecule has 4 rings (SSSR count). The quantitative estimate of drug-likeness (QED) is 0.672. The Morgan fingerprint density at radius 3 is 2.85 bits per heavy atom. The van der Waals surface area contributed by atoms with Gasteiger partial charge in [-0.25, -0.2) is 0 Å². The predicted octanol–water partition coefficient (Wildman–Crippen LogP) is 2.90. The maximum atomic E-state index is 12.7. The van der Waals surface area contributed by atoms with Crippen molar-refractivity contribution in [3.8, 4) is 0 Å². The third kappa shape index (κ3) is 4.03. The third-order valence-corrected chi connectivity index (χ3v) is 5.33. The number of carbonyl (C=O) groups excluding carboxylic acids is 2. The highest BCUT2D eigenvalue weighted by atomic mass is 79.9. The fraction of sp³-hybridized carbons (Fsp3) is 0.250. The van der Waals surface area contributed by atoms with Gasteiger partial charge in [-0.1, -0.05) is 28.1 Å². The minimum absolute atomic E-state index is 0.00504. The zero-order chi connectivity index (χ0) is 18.8. The average Bonchev–Trinajstić information content (AvgIpc) is 3.31. The van der Waals surface area contributed by atoms with Crippen LogP contribution >= 0.6 is 15.9 Å². The molecule has 0 spiro atoms. The Kier molecular flexibility index (Phi) is 4.94. The Morgan fingerprint density at radius 2 is 2.04 bits per heavy atom. The highest BCUT2D eigenvalue weighted by Gasteiger charge is 2.28. The summed E-state index contributed by atoms with van der Waals surface area (Å²) in [5.41, 5.74) is 2.52. The van der Waals surface area contributed by atoms with Crippen molar-refractivity contribution in [2.75, 3.05) is 13.1 Å². The first kappa shape index (κ1) is 17.7. The summed E-state index contributed by atoms with van der Waals surface area (Å²) in [6.07, 6.45) is 2.82. The Morgan fingerprint density at radius 1 is 1.22 bits per heavy atom. The van der Waals surface area contributed by atoms with Crippen LogP contribution in [0.1, 0.15) is 22.3 Å². The summed E-state index contributed by atoms with van der Waals surface area (Å²) < 4.78 is 0.991. The number of fused-ring (bicyclic) bond motifs is 1. The van der Waals surface area contributed by atoms with Gasteiger partial charge in [-0.3, -0.25) is 14.7 Å². The number of halogens is 1. The molecule has 1 saturated heterocycles. The lowest BCUT2D eigenvalue weighted by Crippen LogP contribution is -2.39. The molecule has 1 fully saturated rings. The van der Waals surface area contributed by atoms with Crippen LogP contribution in [0.4, 0.5) is 0 Å². The van der Waals surface area contributed by atoms with Crippen molar-refractivity contribution in [3.63, 3.8) is 0 Å². The standard InChI is InChI=1S/C20H19BrN4O2/c21-16-4-1-13(2-5-16)9-19(26)23-17-7-8-25(12-17)20(27)14-3-6-18-15(10-14)11-22-24-18/h1-6,10-11,17H,7-9,12H2,(H,22,24)(H,23,26)/t17-/m1/s1. The lowest BCUT2D eigenvalue weighted by atomic mass is 10.1. The molecule has 1 aliphatic heterocycles. The Labute approximate surface area is 165 Å². The van der Waals surface area contributed by atoms with Crippen molar-refractivity contribution < 1.29 is 9.59 Å². The summed E-state index contributed by atoms with van der Waals surface area (Å²) >= 11 is 3.39. The van der Waals surface area contributed by atoms with Gasteiger partial charge in [0.1, 0.15) is 0 Å². The third-order valence-electron chi connectivity index (χ3n) is 4.81. The monoisotopic (exact) mass is 426 g/mol. The number of carbonyl (C=O) groups is 2. The second kappa shape index (κ2) is 7.52. The largest absolute Gasteiger partial charge is 0.351 e. The number of H-pyrrole nitrogens is 1. The molecule has 27 heavy (non-hydrogen) atoms. The molecule has 1 aromatic heterocycles. The average molecular weight is 427 g/mol. The van der Waals surface area contributed by atoms with E-state index in [0.29, 0.717) is 25.1 Å². The van der Waals surface area contributed by atoms with Crippen LogP contribution in [0.5, 0.6) is 0 Å². The Balaban J connectivity index is 1.34. The fourth-order valence-corrected chi connectivity index (χ4v) is 3.65. The first-order valence-corrected chi connectivity index (χ1v) is 9.64. The number of aromatic amines is 1. The molecule has 2 aromatic carbocycles. The van der Waals surface area contributed by atoms with Crippen molar-refractivity contribution in [2.24, 2.45) is 0 Å². The predicted molar refractivity (Wildman–Crippen MR) is 106 cm³/mol. The van der Waals surface area contributed by atoms with Gasteiger partial charge in [0.15, 0.2) is 0 Å². The Bertz CT molecular complexity index is 983. The van der Waals surface area contributed by atoms with E-state index in [1.54, 1.807) is 11.1 Å². The van der Waals surface area contributed by atoms with E-state index in [4.69, 9.17) is 0 Å². The number of benzene rings is 2. The van der Waals surface area contributed by atoms with Crippen molar-refractivity contribution in [2.45, 2.75) is 18.9 Å².